The van der Waals surface area contributed by atoms with Crippen LogP contribution in [-0.4, -0.2) is 17.1 Å². The Labute approximate surface area is 90.6 Å². The molecule has 0 aliphatic carbocycles. The van der Waals surface area contributed by atoms with Crippen molar-refractivity contribution in [3.05, 3.63) is 23.5 Å². The van der Waals surface area contributed by atoms with Gasteiger partial charge < -0.3 is 9.68 Å². The van der Waals surface area contributed by atoms with Crippen LogP contribution in [-0.2, 0) is 10.3 Å². The molecule has 15 heavy (non-hydrogen) atoms. The van der Waals surface area contributed by atoms with Crippen LogP contribution in [0.3, 0.4) is 0 Å². The van der Waals surface area contributed by atoms with Crippen molar-refractivity contribution in [2.75, 3.05) is 0 Å². The van der Waals surface area contributed by atoms with Crippen LogP contribution in [0.1, 0.15) is 44.9 Å². The first kappa shape index (κ1) is 10.6. The van der Waals surface area contributed by atoms with E-state index in [-0.39, 0.29) is 0 Å². The average molecular weight is 205 g/mol. The normalized spacial score (nSPS) is 18.4. The van der Waals surface area contributed by atoms with Gasteiger partial charge in [-0.2, -0.15) is 0 Å². The van der Waals surface area contributed by atoms with Crippen molar-refractivity contribution >= 4 is 12.6 Å². The topological polar surface area (TPSA) is 42.4 Å². The molecular formula is C11H16BNO2. The molecule has 0 saturated heterocycles. The van der Waals surface area contributed by atoms with E-state index in [2.05, 4.69) is 18.8 Å². The fourth-order valence-corrected chi connectivity index (χ4v) is 1.90. The third-order valence-electron chi connectivity index (χ3n) is 2.85. The molecule has 0 radical (unpaired) electrons. The molecule has 2 rings (SSSR count). The maximum atomic E-state index is 9.76. The SMILES string of the molecule is CC(C)c1cnc2c(c1)B(O)OC2(C)C. The molecule has 1 aromatic rings. The number of nitrogens with zero attached hydrogens (tertiary/aromatic N) is 1. The van der Waals surface area contributed by atoms with Gasteiger partial charge in [0, 0.05) is 11.7 Å². The number of aromatic nitrogens is 1. The van der Waals surface area contributed by atoms with Gasteiger partial charge in [0.1, 0.15) is 0 Å². The maximum Gasteiger partial charge on any atom is 0.493 e. The molecule has 0 bridgehead atoms. The lowest BCUT2D eigenvalue weighted by Crippen LogP contribution is -2.29. The van der Waals surface area contributed by atoms with Crippen molar-refractivity contribution in [2.45, 2.75) is 39.2 Å². The Morgan fingerprint density at radius 2 is 2.13 bits per heavy atom. The molecule has 1 aliphatic heterocycles. The summed E-state index contributed by atoms with van der Waals surface area (Å²) in [5, 5.41) is 9.76. The predicted molar refractivity (Wildman–Crippen MR) is 60.0 cm³/mol. The molecule has 1 aliphatic rings. The van der Waals surface area contributed by atoms with Crippen LogP contribution in [0, 0.1) is 0 Å². The molecule has 0 atom stereocenters. The lowest BCUT2D eigenvalue weighted by Gasteiger charge is -2.18. The summed E-state index contributed by atoms with van der Waals surface area (Å²) < 4.78 is 5.45. The number of rotatable bonds is 1. The van der Waals surface area contributed by atoms with Crippen LogP contribution in [0.25, 0.3) is 0 Å². The van der Waals surface area contributed by atoms with Crippen LogP contribution in [0.2, 0.25) is 0 Å². The first-order chi connectivity index (χ1) is 6.92. The highest BCUT2D eigenvalue weighted by atomic mass is 16.5. The Morgan fingerprint density at radius 1 is 1.47 bits per heavy atom. The number of fused-ring (bicyclic) bond motifs is 1. The minimum atomic E-state index is -0.832. The van der Waals surface area contributed by atoms with Crippen molar-refractivity contribution in [3.63, 3.8) is 0 Å². The Balaban J connectivity index is 2.51. The third-order valence-corrected chi connectivity index (χ3v) is 2.85. The molecule has 3 nitrogen and oxygen atoms in total. The first-order valence-electron chi connectivity index (χ1n) is 5.28. The van der Waals surface area contributed by atoms with Gasteiger partial charge in [0.2, 0.25) is 0 Å². The number of hydrogen-bond acceptors (Lipinski definition) is 3. The summed E-state index contributed by atoms with van der Waals surface area (Å²) in [5.74, 6) is 0.415. The summed E-state index contributed by atoms with van der Waals surface area (Å²) in [5.41, 5.74) is 2.31. The quantitative estimate of drug-likeness (QED) is 0.699. The monoisotopic (exact) mass is 205 g/mol. The minimum Gasteiger partial charge on any atom is -0.423 e. The van der Waals surface area contributed by atoms with E-state index >= 15 is 0 Å². The van der Waals surface area contributed by atoms with Gasteiger partial charge >= 0.3 is 7.12 Å². The van der Waals surface area contributed by atoms with Gasteiger partial charge in [-0.1, -0.05) is 19.9 Å². The zero-order valence-corrected chi connectivity index (χ0v) is 9.61. The van der Waals surface area contributed by atoms with E-state index in [9.17, 15) is 5.02 Å². The summed E-state index contributed by atoms with van der Waals surface area (Å²) in [7, 11) is -0.832. The van der Waals surface area contributed by atoms with Crippen molar-refractivity contribution in [3.8, 4) is 0 Å². The summed E-state index contributed by atoms with van der Waals surface area (Å²) in [6.45, 7) is 8.06. The minimum absolute atomic E-state index is 0.415. The van der Waals surface area contributed by atoms with Gasteiger partial charge in [0.25, 0.3) is 0 Å². The molecule has 1 aromatic heterocycles. The van der Waals surface area contributed by atoms with Crippen molar-refractivity contribution in [2.24, 2.45) is 0 Å². The standard InChI is InChI=1S/C11H16BNO2/c1-7(2)8-5-9-10(13-6-8)11(3,4)15-12(9)14/h5-7,14H,1-4H3. The van der Waals surface area contributed by atoms with Crippen LogP contribution < -0.4 is 5.46 Å². The zero-order chi connectivity index (χ0) is 11.2. The van der Waals surface area contributed by atoms with E-state index in [0.29, 0.717) is 5.92 Å². The van der Waals surface area contributed by atoms with Crippen LogP contribution in [0.4, 0.5) is 0 Å². The number of pyridine rings is 1. The molecule has 0 aromatic carbocycles. The molecule has 0 unspecified atom stereocenters. The van der Waals surface area contributed by atoms with Crippen LogP contribution in [0.15, 0.2) is 12.3 Å². The lowest BCUT2D eigenvalue weighted by atomic mass is 9.79. The Kier molecular flexibility index (Phi) is 2.36. The van der Waals surface area contributed by atoms with E-state index in [1.54, 1.807) is 0 Å². The highest BCUT2D eigenvalue weighted by Gasteiger charge is 2.42. The van der Waals surface area contributed by atoms with Gasteiger partial charge in [0.05, 0.1) is 11.3 Å². The molecule has 1 N–H and O–H groups in total. The predicted octanol–water partition coefficient (Wildman–Crippen LogP) is 1.16. The molecule has 0 saturated carbocycles. The maximum absolute atomic E-state index is 9.76. The van der Waals surface area contributed by atoms with Crippen molar-refractivity contribution in [1.29, 1.82) is 0 Å². The van der Waals surface area contributed by atoms with Gasteiger partial charge in [-0.25, -0.2) is 0 Å². The first-order valence-corrected chi connectivity index (χ1v) is 5.28. The second-order valence-electron chi connectivity index (χ2n) is 4.84. The molecule has 0 fully saturated rings. The summed E-state index contributed by atoms with van der Waals surface area (Å²) >= 11 is 0. The Morgan fingerprint density at radius 3 is 2.73 bits per heavy atom. The summed E-state index contributed by atoms with van der Waals surface area (Å²) in [4.78, 5) is 4.40. The van der Waals surface area contributed by atoms with Crippen LogP contribution in [0.5, 0.6) is 0 Å². The fraction of sp³-hybridized carbons (Fsp3) is 0.545. The summed E-state index contributed by atoms with van der Waals surface area (Å²) in [6.07, 6.45) is 1.87. The largest absolute Gasteiger partial charge is 0.493 e. The van der Waals surface area contributed by atoms with E-state index in [0.717, 1.165) is 16.7 Å². The molecule has 4 heteroatoms. The highest BCUT2D eigenvalue weighted by molar-refractivity contribution is 6.61. The van der Waals surface area contributed by atoms with Crippen molar-refractivity contribution < 1.29 is 9.68 Å². The van der Waals surface area contributed by atoms with Gasteiger partial charge in [-0.05, 0) is 25.3 Å². The van der Waals surface area contributed by atoms with E-state index in [1.165, 1.54) is 0 Å². The van der Waals surface area contributed by atoms with Gasteiger partial charge in [0.15, 0.2) is 0 Å². The summed E-state index contributed by atoms with van der Waals surface area (Å²) in [6, 6.07) is 1.99. The Bertz CT molecular complexity index is 390. The Hall–Kier alpha value is -0.865. The van der Waals surface area contributed by atoms with Crippen LogP contribution >= 0.6 is 0 Å². The second kappa shape index (κ2) is 3.32. The number of hydrogen-bond donors (Lipinski definition) is 1. The molecule has 0 amide bonds. The smallest absolute Gasteiger partial charge is 0.423 e. The lowest BCUT2D eigenvalue weighted by molar-refractivity contribution is 0.0969. The van der Waals surface area contributed by atoms with Gasteiger partial charge in [-0.3, -0.25) is 4.98 Å². The van der Waals surface area contributed by atoms with E-state index < -0.39 is 12.7 Å². The second-order valence-corrected chi connectivity index (χ2v) is 4.84. The molecule has 0 spiro atoms. The van der Waals surface area contributed by atoms with Gasteiger partial charge in [-0.15, -0.1) is 0 Å². The van der Waals surface area contributed by atoms with E-state index in [1.807, 2.05) is 26.1 Å². The zero-order valence-electron chi connectivity index (χ0n) is 9.61. The van der Waals surface area contributed by atoms with Crippen molar-refractivity contribution in [1.82, 2.24) is 4.98 Å². The van der Waals surface area contributed by atoms with E-state index in [4.69, 9.17) is 4.65 Å². The molecule has 2 heterocycles. The third kappa shape index (κ3) is 1.68. The fourth-order valence-electron chi connectivity index (χ4n) is 1.90. The average Bonchev–Trinajstić information content (AvgIpc) is 2.37. The molecular weight excluding hydrogens is 189 g/mol. The molecule has 80 valence electrons. The highest BCUT2D eigenvalue weighted by Crippen LogP contribution is 2.28.